The maximum Gasteiger partial charge on any atom is 0.261 e. The molecule has 0 spiro atoms. The molecule has 1 aliphatic heterocycles. The number of thiophene rings is 1. The van der Waals surface area contributed by atoms with Crippen LogP contribution in [0, 0.1) is 0 Å². The summed E-state index contributed by atoms with van der Waals surface area (Å²) in [6.45, 7) is 14.0. The van der Waals surface area contributed by atoms with E-state index in [4.69, 9.17) is 0 Å². The van der Waals surface area contributed by atoms with Crippen LogP contribution in [-0.2, 0) is 0 Å². The first-order chi connectivity index (χ1) is 12.1. The largest absolute Gasteiger partial charge is 0.350 e. The second-order valence-electron chi connectivity index (χ2n) is 7.17. The molecule has 1 fully saturated rings. The highest BCUT2D eigenvalue weighted by Gasteiger charge is 2.16. The van der Waals surface area contributed by atoms with Crippen molar-refractivity contribution in [2.24, 2.45) is 0 Å². The van der Waals surface area contributed by atoms with Crippen LogP contribution in [0.4, 0.5) is 0 Å². The number of hydrogen-bond acceptors (Lipinski definition) is 4. The van der Waals surface area contributed by atoms with E-state index < -0.39 is 0 Å². The zero-order valence-electron chi connectivity index (χ0n) is 15.6. The molecular weight excluding hydrogens is 332 g/mol. The van der Waals surface area contributed by atoms with Crippen molar-refractivity contribution >= 4 is 27.3 Å². The first-order valence-corrected chi connectivity index (χ1v) is 10.2. The van der Waals surface area contributed by atoms with Gasteiger partial charge in [-0.1, -0.05) is 6.92 Å². The zero-order valence-corrected chi connectivity index (χ0v) is 16.4. The van der Waals surface area contributed by atoms with Crippen molar-refractivity contribution < 1.29 is 4.79 Å². The highest BCUT2D eigenvalue weighted by molar-refractivity contribution is 7.20. The molecule has 3 rings (SSSR count). The van der Waals surface area contributed by atoms with Gasteiger partial charge in [0, 0.05) is 63.1 Å². The van der Waals surface area contributed by atoms with Crippen LogP contribution >= 0.6 is 11.3 Å². The Morgan fingerprint density at radius 1 is 1.16 bits per heavy atom. The number of nitrogens with zero attached hydrogens (tertiary/aromatic N) is 3. The molecule has 1 N–H and O–H groups in total. The van der Waals surface area contributed by atoms with Crippen LogP contribution in [0.5, 0.6) is 0 Å². The number of fused-ring (bicyclic) bond motifs is 1. The monoisotopic (exact) mass is 362 g/mol. The second kappa shape index (κ2) is 8.34. The van der Waals surface area contributed by atoms with Crippen molar-refractivity contribution in [3.63, 3.8) is 0 Å². The maximum absolute atomic E-state index is 12.4. The van der Waals surface area contributed by atoms with Crippen LogP contribution in [0.1, 0.15) is 42.9 Å². The molecule has 1 aliphatic rings. The summed E-state index contributed by atoms with van der Waals surface area (Å²) < 4.78 is 3.38. The predicted octanol–water partition coefficient (Wildman–Crippen LogP) is 3.04. The lowest BCUT2D eigenvalue weighted by Gasteiger charge is -2.34. The van der Waals surface area contributed by atoms with E-state index in [-0.39, 0.29) is 5.91 Å². The Labute approximate surface area is 154 Å². The van der Waals surface area contributed by atoms with Gasteiger partial charge in [0.05, 0.1) is 9.58 Å². The third-order valence-corrected chi connectivity index (χ3v) is 5.97. The van der Waals surface area contributed by atoms with E-state index in [2.05, 4.69) is 52.8 Å². The molecule has 2 aromatic rings. The molecule has 1 saturated heterocycles. The molecule has 0 bridgehead atoms. The topological polar surface area (TPSA) is 40.5 Å². The molecule has 25 heavy (non-hydrogen) atoms. The fourth-order valence-corrected chi connectivity index (χ4v) is 4.32. The standard InChI is InChI=1S/C19H30N4OS/c1-4-6-21-8-10-22(11-9-21)7-5-20-19(24)17-12-16-13-23(15(2)3)14-18(16)25-17/h12-15H,4-11H2,1-3H3,(H,20,24). The van der Waals surface area contributed by atoms with Crippen molar-refractivity contribution in [2.45, 2.75) is 33.2 Å². The third kappa shape index (κ3) is 4.63. The van der Waals surface area contributed by atoms with Crippen LogP contribution in [0.2, 0.25) is 0 Å². The summed E-state index contributed by atoms with van der Waals surface area (Å²) >= 11 is 1.58. The molecule has 0 unspecified atom stereocenters. The highest BCUT2D eigenvalue weighted by atomic mass is 32.1. The molecular formula is C19H30N4OS. The van der Waals surface area contributed by atoms with E-state index in [1.165, 1.54) is 17.7 Å². The second-order valence-corrected chi connectivity index (χ2v) is 8.25. The van der Waals surface area contributed by atoms with Gasteiger partial charge in [0.25, 0.3) is 5.91 Å². The molecule has 0 aliphatic carbocycles. The van der Waals surface area contributed by atoms with Crippen molar-refractivity contribution in [2.75, 3.05) is 45.8 Å². The van der Waals surface area contributed by atoms with E-state index in [1.807, 2.05) is 6.07 Å². The van der Waals surface area contributed by atoms with E-state index in [0.29, 0.717) is 6.04 Å². The van der Waals surface area contributed by atoms with Gasteiger partial charge in [0.2, 0.25) is 0 Å². The van der Waals surface area contributed by atoms with Gasteiger partial charge in [-0.25, -0.2) is 0 Å². The van der Waals surface area contributed by atoms with E-state index in [1.54, 1.807) is 11.3 Å². The van der Waals surface area contributed by atoms with Crippen molar-refractivity contribution in [3.8, 4) is 0 Å². The van der Waals surface area contributed by atoms with Crippen LogP contribution < -0.4 is 5.32 Å². The smallest absolute Gasteiger partial charge is 0.261 e. The van der Waals surface area contributed by atoms with Gasteiger partial charge in [-0.3, -0.25) is 9.69 Å². The Morgan fingerprint density at radius 2 is 1.84 bits per heavy atom. The third-order valence-electron chi connectivity index (χ3n) is 4.88. The Balaban J connectivity index is 1.44. The number of carbonyl (C=O) groups is 1. The molecule has 3 heterocycles. The minimum Gasteiger partial charge on any atom is -0.350 e. The molecule has 6 heteroatoms. The molecule has 1 amide bonds. The Morgan fingerprint density at radius 3 is 2.44 bits per heavy atom. The zero-order chi connectivity index (χ0) is 17.8. The van der Waals surface area contributed by atoms with E-state index in [0.717, 1.165) is 49.5 Å². The van der Waals surface area contributed by atoms with Crippen molar-refractivity contribution in [3.05, 3.63) is 23.3 Å². The van der Waals surface area contributed by atoms with Crippen LogP contribution in [0.3, 0.4) is 0 Å². The number of carbonyl (C=O) groups excluding carboxylic acids is 1. The number of amides is 1. The molecule has 5 nitrogen and oxygen atoms in total. The van der Waals surface area contributed by atoms with Crippen molar-refractivity contribution in [1.29, 1.82) is 0 Å². The van der Waals surface area contributed by atoms with Gasteiger partial charge in [0.1, 0.15) is 0 Å². The average molecular weight is 363 g/mol. The van der Waals surface area contributed by atoms with Crippen LogP contribution in [-0.4, -0.2) is 66.1 Å². The maximum atomic E-state index is 12.4. The summed E-state index contributed by atoms with van der Waals surface area (Å²) in [6, 6.07) is 2.47. The fraction of sp³-hybridized carbons (Fsp3) is 0.632. The summed E-state index contributed by atoms with van der Waals surface area (Å²) in [7, 11) is 0. The summed E-state index contributed by atoms with van der Waals surface area (Å²) in [5, 5.41) is 4.24. The quantitative estimate of drug-likeness (QED) is 0.823. The minimum absolute atomic E-state index is 0.0573. The molecule has 0 radical (unpaired) electrons. The van der Waals surface area contributed by atoms with Gasteiger partial charge in [-0.05, 0) is 32.9 Å². The number of hydrogen-bond donors (Lipinski definition) is 1. The van der Waals surface area contributed by atoms with Gasteiger partial charge >= 0.3 is 0 Å². The summed E-state index contributed by atoms with van der Waals surface area (Å²) in [6.07, 6.45) is 5.49. The van der Waals surface area contributed by atoms with E-state index >= 15 is 0 Å². The minimum atomic E-state index is 0.0573. The van der Waals surface area contributed by atoms with Gasteiger partial charge in [0.15, 0.2) is 0 Å². The number of nitrogens with one attached hydrogen (secondary N) is 1. The average Bonchev–Trinajstić information content (AvgIpc) is 3.15. The van der Waals surface area contributed by atoms with Crippen LogP contribution in [0.25, 0.3) is 10.1 Å². The van der Waals surface area contributed by atoms with Gasteiger partial charge in [-0.15, -0.1) is 11.3 Å². The molecule has 138 valence electrons. The molecule has 0 saturated carbocycles. The molecule has 0 atom stereocenters. The Kier molecular flexibility index (Phi) is 6.15. The normalized spacial score (nSPS) is 16.8. The predicted molar refractivity (Wildman–Crippen MR) is 106 cm³/mol. The first kappa shape index (κ1) is 18.4. The fourth-order valence-electron chi connectivity index (χ4n) is 3.33. The molecule has 0 aromatic carbocycles. The summed E-state index contributed by atoms with van der Waals surface area (Å²) in [5.41, 5.74) is 0. The highest BCUT2D eigenvalue weighted by Crippen LogP contribution is 2.27. The lowest BCUT2D eigenvalue weighted by atomic mass is 10.3. The van der Waals surface area contributed by atoms with Crippen molar-refractivity contribution in [1.82, 2.24) is 19.7 Å². The SMILES string of the molecule is CCCN1CCN(CCNC(=O)c2cc3cn(C(C)C)cc3s2)CC1. The lowest BCUT2D eigenvalue weighted by molar-refractivity contribution is 0.0940. The number of aromatic nitrogens is 1. The van der Waals surface area contributed by atoms with E-state index in [9.17, 15) is 4.79 Å². The number of piperazine rings is 1. The Hall–Kier alpha value is -1.37. The van der Waals surface area contributed by atoms with Gasteiger partial charge in [-0.2, -0.15) is 0 Å². The Bertz CT molecular complexity index is 666. The molecule has 2 aromatic heterocycles. The first-order valence-electron chi connectivity index (χ1n) is 9.40. The van der Waals surface area contributed by atoms with Gasteiger partial charge < -0.3 is 14.8 Å². The lowest BCUT2D eigenvalue weighted by Crippen LogP contribution is -2.48. The summed E-state index contributed by atoms with van der Waals surface area (Å²) in [5.74, 6) is 0.0573. The van der Waals surface area contributed by atoms with Crippen LogP contribution in [0.15, 0.2) is 18.5 Å². The number of rotatable bonds is 7. The summed E-state index contributed by atoms with van der Waals surface area (Å²) in [4.78, 5) is 18.2.